The average Bonchev–Trinajstić information content (AvgIpc) is 2.27. The van der Waals surface area contributed by atoms with Crippen molar-refractivity contribution in [3.05, 3.63) is 29.3 Å². The first-order chi connectivity index (χ1) is 8.43. The molecule has 0 aromatic heterocycles. The van der Waals surface area contributed by atoms with E-state index in [1.165, 1.54) is 7.11 Å². The van der Waals surface area contributed by atoms with E-state index in [4.69, 9.17) is 10.5 Å². The number of likely N-dealkylation sites (N-methyl/N-ethyl adjacent to an activating group) is 1. The van der Waals surface area contributed by atoms with E-state index >= 15 is 0 Å². The van der Waals surface area contributed by atoms with Gasteiger partial charge in [0.05, 0.1) is 25.8 Å². The highest BCUT2D eigenvalue weighted by Gasteiger charge is 2.15. The number of rotatable bonds is 6. The smallest absolute Gasteiger partial charge is 0.231 e. The highest BCUT2D eigenvalue weighted by molar-refractivity contribution is 6.00. The van der Waals surface area contributed by atoms with Crippen molar-refractivity contribution in [1.82, 2.24) is 4.90 Å². The fourth-order valence-electron chi connectivity index (χ4n) is 1.68. The lowest BCUT2D eigenvalue weighted by atomic mass is 10.1. The van der Waals surface area contributed by atoms with Gasteiger partial charge in [-0.25, -0.2) is 0 Å². The van der Waals surface area contributed by atoms with E-state index in [0.717, 1.165) is 5.56 Å². The number of nitrogens with zero attached hydrogens (tertiary/aromatic N) is 1. The molecular weight excluding hydrogens is 232 g/mol. The van der Waals surface area contributed by atoms with Crippen molar-refractivity contribution in [3.63, 3.8) is 0 Å². The van der Waals surface area contributed by atoms with Gasteiger partial charge >= 0.3 is 0 Å². The summed E-state index contributed by atoms with van der Waals surface area (Å²) in [6.45, 7) is 2.11. The van der Waals surface area contributed by atoms with Gasteiger partial charge in [0.2, 0.25) is 5.91 Å². The molecule has 0 aliphatic carbocycles. The molecule has 0 saturated heterocycles. The first kappa shape index (κ1) is 14.2. The van der Waals surface area contributed by atoms with Gasteiger partial charge in [0, 0.05) is 0 Å². The lowest BCUT2D eigenvalue weighted by molar-refractivity contribution is -0.118. The summed E-state index contributed by atoms with van der Waals surface area (Å²) in [7, 11) is 3.20. The number of hydrogen-bond donors (Lipinski definition) is 1. The van der Waals surface area contributed by atoms with Crippen LogP contribution < -0.4 is 10.5 Å². The van der Waals surface area contributed by atoms with E-state index in [2.05, 4.69) is 0 Å². The maximum absolute atomic E-state index is 12.1. The Hall–Kier alpha value is -1.88. The number of primary amides is 1. The predicted octanol–water partition coefficient (Wildman–Crippen LogP) is 0.603. The normalized spacial score (nSPS) is 10.4. The van der Waals surface area contributed by atoms with Crippen molar-refractivity contribution in [2.45, 2.75) is 6.92 Å². The standard InChI is InChI=1S/C13H18N2O3/c1-9-4-5-10(12(6-9)18-3)11(16)7-15(2)8-13(14)17/h4-6H,7-8H2,1-3H3,(H2,14,17). The van der Waals surface area contributed by atoms with Crippen LogP contribution in [0, 0.1) is 6.92 Å². The van der Waals surface area contributed by atoms with Gasteiger partial charge in [-0.15, -0.1) is 0 Å². The molecule has 0 unspecified atom stereocenters. The summed E-state index contributed by atoms with van der Waals surface area (Å²) in [4.78, 5) is 24.4. The topological polar surface area (TPSA) is 72.6 Å². The van der Waals surface area contributed by atoms with Crippen LogP contribution in [0.15, 0.2) is 18.2 Å². The van der Waals surface area contributed by atoms with Crippen LogP contribution in [-0.4, -0.2) is 43.8 Å². The minimum Gasteiger partial charge on any atom is -0.496 e. The zero-order valence-electron chi connectivity index (χ0n) is 10.9. The Morgan fingerprint density at radius 1 is 1.33 bits per heavy atom. The molecule has 0 aliphatic heterocycles. The molecule has 0 atom stereocenters. The van der Waals surface area contributed by atoms with Gasteiger partial charge in [-0.3, -0.25) is 14.5 Å². The molecule has 0 saturated carbocycles. The summed E-state index contributed by atoms with van der Waals surface area (Å²) in [6.07, 6.45) is 0. The highest BCUT2D eigenvalue weighted by atomic mass is 16.5. The number of methoxy groups -OCH3 is 1. The zero-order valence-corrected chi connectivity index (χ0v) is 10.9. The molecule has 2 N–H and O–H groups in total. The molecular formula is C13H18N2O3. The Labute approximate surface area is 107 Å². The Kier molecular flexibility index (Phi) is 4.85. The average molecular weight is 250 g/mol. The summed E-state index contributed by atoms with van der Waals surface area (Å²) in [6, 6.07) is 5.39. The van der Waals surface area contributed by atoms with Gasteiger partial charge in [0.15, 0.2) is 5.78 Å². The number of benzene rings is 1. The molecule has 0 spiro atoms. The molecule has 0 radical (unpaired) electrons. The Bertz CT molecular complexity index is 458. The first-order valence-corrected chi connectivity index (χ1v) is 5.58. The van der Waals surface area contributed by atoms with Crippen molar-refractivity contribution in [2.75, 3.05) is 27.2 Å². The third-order valence-electron chi connectivity index (χ3n) is 2.50. The highest BCUT2D eigenvalue weighted by Crippen LogP contribution is 2.20. The van der Waals surface area contributed by atoms with Crippen LogP contribution >= 0.6 is 0 Å². The summed E-state index contributed by atoms with van der Waals surface area (Å²) in [5.41, 5.74) is 6.60. The maximum Gasteiger partial charge on any atom is 0.231 e. The Morgan fingerprint density at radius 3 is 2.56 bits per heavy atom. The third kappa shape index (κ3) is 3.85. The number of Topliss-reactive ketones (excluding diaryl/α,β-unsaturated/α-hetero) is 1. The van der Waals surface area contributed by atoms with E-state index in [-0.39, 0.29) is 18.9 Å². The molecule has 0 fully saturated rings. The van der Waals surface area contributed by atoms with Crippen molar-refractivity contribution in [2.24, 2.45) is 5.73 Å². The molecule has 0 bridgehead atoms. The zero-order chi connectivity index (χ0) is 13.7. The molecule has 1 aromatic rings. The lowest BCUT2D eigenvalue weighted by Gasteiger charge is -2.15. The van der Waals surface area contributed by atoms with E-state index in [1.807, 2.05) is 13.0 Å². The van der Waals surface area contributed by atoms with Crippen molar-refractivity contribution < 1.29 is 14.3 Å². The minimum atomic E-state index is -0.457. The van der Waals surface area contributed by atoms with Crippen molar-refractivity contribution in [3.8, 4) is 5.75 Å². The Morgan fingerprint density at radius 2 is 2.00 bits per heavy atom. The van der Waals surface area contributed by atoms with Gasteiger partial charge in [-0.05, 0) is 31.7 Å². The van der Waals surface area contributed by atoms with Crippen LogP contribution in [0.2, 0.25) is 0 Å². The monoisotopic (exact) mass is 250 g/mol. The largest absolute Gasteiger partial charge is 0.496 e. The number of amides is 1. The second kappa shape index (κ2) is 6.16. The third-order valence-corrected chi connectivity index (χ3v) is 2.50. The molecule has 0 aliphatic rings. The number of nitrogens with two attached hydrogens (primary N) is 1. The molecule has 1 rings (SSSR count). The molecule has 1 amide bonds. The van der Waals surface area contributed by atoms with Gasteiger partial charge in [-0.2, -0.15) is 0 Å². The molecule has 5 heteroatoms. The van der Waals surface area contributed by atoms with Crippen LogP contribution in [0.3, 0.4) is 0 Å². The summed E-state index contributed by atoms with van der Waals surface area (Å²) < 4.78 is 5.18. The Balaban J connectivity index is 2.81. The predicted molar refractivity (Wildman–Crippen MR) is 68.8 cm³/mol. The summed E-state index contributed by atoms with van der Waals surface area (Å²) in [5.74, 6) is -0.00996. The van der Waals surface area contributed by atoms with Gasteiger partial charge in [0.1, 0.15) is 5.75 Å². The molecule has 98 valence electrons. The number of ketones is 1. The number of ether oxygens (including phenoxy) is 1. The fourth-order valence-corrected chi connectivity index (χ4v) is 1.68. The lowest BCUT2D eigenvalue weighted by Crippen LogP contribution is -2.34. The van der Waals surface area contributed by atoms with E-state index in [1.54, 1.807) is 24.1 Å². The summed E-state index contributed by atoms with van der Waals surface area (Å²) >= 11 is 0. The van der Waals surface area contributed by atoms with Gasteiger partial charge < -0.3 is 10.5 Å². The van der Waals surface area contributed by atoms with Crippen LogP contribution in [0.1, 0.15) is 15.9 Å². The summed E-state index contributed by atoms with van der Waals surface area (Å²) in [5, 5.41) is 0. The van der Waals surface area contributed by atoms with Crippen molar-refractivity contribution >= 4 is 11.7 Å². The molecule has 18 heavy (non-hydrogen) atoms. The second-order valence-electron chi connectivity index (χ2n) is 4.27. The number of hydrogen-bond acceptors (Lipinski definition) is 4. The SMILES string of the molecule is COc1cc(C)ccc1C(=O)CN(C)CC(N)=O. The quantitative estimate of drug-likeness (QED) is 0.750. The maximum atomic E-state index is 12.1. The van der Waals surface area contributed by atoms with E-state index in [9.17, 15) is 9.59 Å². The molecule has 0 heterocycles. The van der Waals surface area contributed by atoms with Crippen LogP contribution in [-0.2, 0) is 4.79 Å². The van der Waals surface area contributed by atoms with E-state index < -0.39 is 5.91 Å². The molecule has 5 nitrogen and oxygen atoms in total. The first-order valence-electron chi connectivity index (χ1n) is 5.58. The second-order valence-corrected chi connectivity index (χ2v) is 4.27. The van der Waals surface area contributed by atoms with Gasteiger partial charge in [-0.1, -0.05) is 6.07 Å². The number of aryl methyl sites for hydroxylation is 1. The van der Waals surface area contributed by atoms with Crippen LogP contribution in [0.4, 0.5) is 0 Å². The van der Waals surface area contributed by atoms with Gasteiger partial charge in [0.25, 0.3) is 0 Å². The van der Waals surface area contributed by atoms with Crippen LogP contribution in [0.5, 0.6) is 5.75 Å². The number of carbonyl (C=O) groups excluding carboxylic acids is 2. The minimum absolute atomic E-state index is 0.0555. The number of carbonyl (C=O) groups is 2. The van der Waals surface area contributed by atoms with Crippen LogP contribution in [0.25, 0.3) is 0 Å². The molecule has 1 aromatic carbocycles. The van der Waals surface area contributed by atoms with Crippen molar-refractivity contribution in [1.29, 1.82) is 0 Å². The van der Waals surface area contributed by atoms with E-state index in [0.29, 0.717) is 11.3 Å². The fraction of sp³-hybridized carbons (Fsp3) is 0.385.